The van der Waals surface area contributed by atoms with Gasteiger partial charge >= 0.3 is 5.97 Å². The van der Waals surface area contributed by atoms with E-state index in [0.29, 0.717) is 19.4 Å². The van der Waals surface area contributed by atoms with E-state index in [1.54, 1.807) is 13.8 Å². The number of nitrogens with zero attached hydrogens (tertiary/aromatic N) is 1. The van der Waals surface area contributed by atoms with E-state index >= 15 is 0 Å². The lowest BCUT2D eigenvalue weighted by atomic mass is 9.97. The second kappa shape index (κ2) is 10.2. The Morgan fingerprint density at radius 1 is 1.19 bits per heavy atom. The second-order valence-electron chi connectivity index (χ2n) is 7.44. The SMILES string of the molecule is CCC(C)C(N)C(=O)NC(C(=O)NCC(=O)N1CCCC1C(=O)O)C(C)C. The molecule has 0 aromatic rings. The number of carboxylic acids is 1. The van der Waals surface area contributed by atoms with Crippen molar-refractivity contribution in [1.82, 2.24) is 15.5 Å². The van der Waals surface area contributed by atoms with E-state index in [-0.39, 0.29) is 18.4 Å². The second-order valence-corrected chi connectivity index (χ2v) is 7.44. The van der Waals surface area contributed by atoms with Crippen LogP contribution in [-0.4, -0.2) is 64.9 Å². The molecular weight excluding hydrogens is 352 g/mol. The molecule has 1 fully saturated rings. The molecule has 5 N–H and O–H groups in total. The number of hydrogen-bond donors (Lipinski definition) is 4. The van der Waals surface area contributed by atoms with Crippen molar-refractivity contribution in [3.8, 4) is 0 Å². The average molecular weight is 384 g/mol. The Morgan fingerprint density at radius 2 is 1.81 bits per heavy atom. The largest absolute Gasteiger partial charge is 0.480 e. The van der Waals surface area contributed by atoms with Crippen LogP contribution in [0.2, 0.25) is 0 Å². The van der Waals surface area contributed by atoms with Crippen molar-refractivity contribution in [3.05, 3.63) is 0 Å². The zero-order chi connectivity index (χ0) is 20.7. The summed E-state index contributed by atoms with van der Waals surface area (Å²) >= 11 is 0. The highest BCUT2D eigenvalue weighted by molar-refractivity contribution is 5.93. The number of amides is 3. The molecule has 0 aliphatic carbocycles. The van der Waals surface area contributed by atoms with Gasteiger partial charge in [0.15, 0.2) is 0 Å². The molecule has 1 aliphatic rings. The van der Waals surface area contributed by atoms with E-state index in [0.717, 1.165) is 6.42 Å². The van der Waals surface area contributed by atoms with Gasteiger partial charge in [-0.3, -0.25) is 14.4 Å². The molecule has 0 aromatic heterocycles. The van der Waals surface area contributed by atoms with Crippen LogP contribution in [0.1, 0.15) is 47.0 Å². The highest BCUT2D eigenvalue weighted by Gasteiger charge is 2.34. The molecule has 27 heavy (non-hydrogen) atoms. The molecule has 154 valence electrons. The van der Waals surface area contributed by atoms with Crippen LogP contribution in [0.4, 0.5) is 0 Å². The molecule has 1 rings (SSSR count). The van der Waals surface area contributed by atoms with E-state index in [1.807, 2.05) is 13.8 Å². The molecule has 0 saturated carbocycles. The zero-order valence-corrected chi connectivity index (χ0v) is 16.5. The van der Waals surface area contributed by atoms with Crippen LogP contribution in [-0.2, 0) is 19.2 Å². The number of likely N-dealkylation sites (tertiary alicyclic amines) is 1. The van der Waals surface area contributed by atoms with E-state index in [2.05, 4.69) is 10.6 Å². The van der Waals surface area contributed by atoms with Gasteiger partial charge in [-0.2, -0.15) is 0 Å². The Hall–Kier alpha value is -2.16. The van der Waals surface area contributed by atoms with Crippen LogP contribution >= 0.6 is 0 Å². The molecule has 3 amide bonds. The van der Waals surface area contributed by atoms with Crippen LogP contribution in [0.25, 0.3) is 0 Å². The van der Waals surface area contributed by atoms with Crippen LogP contribution < -0.4 is 16.4 Å². The van der Waals surface area contributed by atoms with Gasteiger partial charge in [0.1, 0.15) is 12.1 Å². The van der Waals surface area contributed by atoms with Crippen molar-refractivity contribution in [1.29, 1.82) is 0 Å². The van der Waals surface area contributed by atoms with Gasteiger partial charge in [-0.15, -0.1) is 0 Å². The number of nitrogens with two attached hydrogens (primary N) is 1. The minimum Gasteiger partial charge on any atom is -0.480 e. The third-order valence-corrected chi connectivity index (χ3v) is 5.08. The van der Waals surface area contributed by atoms with Crippen LogP contribution in [0.5, 0.6) is 0 Å². The lowest BCUT2D eigenvalue weighted by Crippen LogP contribution is -2.56. The van der Waals surface area contributed by atoms with Gasteiger partial charge in [0.2, 0.25) is 17.7 Å². The third kappa shape index (κ3) is 6.20. The van der Waals surface area contributed by atoms with Crippen molar-refractivity contribution >= 4 is 23.7 Å². The van der Waals surface area contributed by atoms with E-state index < -0.39 is 41.8 Å². The molecule has 0 aromatic carbocycles. The summed E-state index contributed by atoms with van der Waals surface area (Å²) in [6, 6.07) is -2.38. The van der Waals surface area contributed by atoms with Crippen molar-refractivity contribution < 1.29 is 24.3 Å². The summed E-state index contributed by atoms with van der Waals surface area (Å²) in [7, 11) is 0. The molecule has 4 unspecified atom stereocenters. The number of nitrogens with one attached hydrogen (secondary N) is 2. The van der Waals surface area contributed by atoms with Crippen LogP contribution in [0.15, 0.2) is 0 Å². The van der Waals surface area contributed by atoms with E-state index in [1.165, 1.54) is 4.90 Å². The van der Waals surface area contributed by atoms with Gasteiger partial charge < -0.3 is 26.4 Å². The lowest BCUT2D eigenvalue weighted by molar-refractivity contribution is -0.148. The molecule has 1 aliphatic heterocycles. The Labute approximate surface area is 160 Å². The minimum atomic E-state index is -1.04. The molecule has 4 atom stereocenters. The van der Waals surface area contributed by atoms with Crippen LogP contribution in [0.3, 0.4) is 0 Å². The number of carboxylic acid groups (broad SMARTS) is 1. The van der Waals surface area contributed by atoms with Gasteiger partial charge in [-0.25, -0.2) is 4.79 Å². The van der Waals surface area contributed by atoms with Gasteiger partial charge in [0.05, 0.1) is 12.6 Å². The smallest absolute Gasteiger partial charge is 0.326 e. The first kappa shape index (κ1) is 22.9. The zero-order valence-electron chi connectivity index (χ0n) is 16.5. The fraction of sp³-hybridized carbons (Fsp3) is 0.778. The number of rotatable bonds is 9. The summed E-state index contributed by atoms with van der Waals surface area (Å²) < 4.78 is 0. The number of hydrogen-bond acceptors (Lipinski definition) is 5. The number of aliphatic carboxylic acids is 1. The maximum absolute atomic E-state index is 12.5. The predicted octanol–water partition coefficient (Wildman–Crippen LogP) is -0.308. The Balaban J connectivity index is 2.64. The van der Waals surface area contributed by atoms with Crippen molar-refractivity contribution in [3.63, 3.8) is 0 Å². The molecule has 9 nitrogen and oxygen atoms in total. The van der Waals surface area contributed by atoms with Gasteiger partial charge in [0.25, 0.3) is 0 Å². The van der Waals surface area contributed by atoms with E-state index in [4.69, 9.17) is 10.8 Å². The summed E-state index contributed by atoms with van der Waals surface area (Å²) in [6.07, 6.45) is 1.77. The molecule has 0 radical (unpaired) electrons. The standard InChI is InChI=1S/C18H32N4O5/c1-5-11(4)14(19)16(24)21-15(10(2)3)17(25)20-9-13(23)22-8-6-7-12(22)18(26)27/h10-12,14-15H,5-9,19H2,1-4H3,(H,20,25)(H,21,24)(H,26,27). The summed E-state index contributed by atoms with van der Waals surface area (Å²) in [4.78, 5) is 49.4. The first-order chi connectivity index (χ1) is 12.6. The summed E-state index contributed by atoms with van der Waals surface area (Å²) in [5, 5.41) is 14.3. The van der Waals surface area contributed by atoms with E-state index in [9.17, 15) is 19.2 Å². The van der Waals surface area contributed by atoms with Gasteiger partial charge in [0, 0.05) is 6.54 Å². The Morgan fingerprint density at radius 3 is 2.33 bits per heavy atom. The number of carbonyl (C=O) groups excluding carboxylic acids is 3. The molecule has 1 saturated heterocycles. The molecule has 0 bridgehead atoms. The maximum atomic E-state index is 12.5. The average Bonchev–Trinajstić information content (AvgIpc) is 3.12. The van der Waals surface area contributed by atoms with Crippen molar-refractivity contribution in [2.24, 2.45) is 17.6 Å². The molecule has 0 spiro atoms. The molecule has 9 heteroatoms. The molecular formula is C18H32N4O5. The summed E-state index contributed by atoms with van der Waals surface area (Å²) in [6.45, 7) is 7.41. The third-order valence-electron chi connectivity index (χ3n) is 5.08. The fourth-order valence-electron chi connectivity index (χ4n) is 2.99. The van der Waals surface area contributed by atoms with Crippen molar-refractivity contribution in [2.45, 2.75) is 65.1 Å². The summed E-state index contributed by atoms with van der Waals surface area (Å²) in [5.41, 5.74) is 5.91. The predicted molar refractivity (Wildman–Crippen MR) is 99.6 cm³/mol. The highest BCUT2D eigenvalue weighted by Crippen LogP contribution is 2.17. The van der Waals surface area contributed by atoms with Gasteiger partial charge in [-0.05, 0) is 24.7 Å². The lowest BCUT2D eigenvalue weighted by Gasteiger charge is -2.26. The fourth-order valence-corrected chi connectivity index (χ4v) is 2.99. The first-order valence-electron chi connectivity index (χ1n) is 9.46. The minimum absolute atomic E-state index is 0.0226. The topological polar surface area (TPSA) is 142 Å². The maximum Gasteiger partial charge on any atom is 0.326 e. The number of carbonyl (C=O) groups is 4. The monoisotopic (exact) mass is 384 g/mol. The summed E-state index contributed by atoms with van der Waals surface area (Å²) in [5.74, 6) is -2.61. The normalized spacial score (nSPS) is 20.1. The quantitative estimate of drug-likeness (QED) is 0.430. The van der Waals surface area contributed by atoms with Crippen molar-refractivity contribution in [2.75, 3.05) is 13.1 Å². The highest BCUT2D eigenvalue weighted by atomic mass is 16.4. The molecule has 1 heterocycles. The Kier molecular flexibility index (Phi) is 8.68. The van der Waals surface area contributed by atoms with Crippen LogP contribution in [0, 0.1) is 11.8 Å². The van der Waals surface area contributed by atoms with Gasteiger partial charge in [-0.1, -0.05) is 34.1 Å². The first-order valence-corrected chi connectivity index (χ1v) is 9.46. The Bertz CT molecular complexity index is 566.